The summed E-state index contributed by atoms with van der Waals surface area (Å²) in [5.74, 6) is -0.119. The summed E-state index contributed by atoms with van der Waals surface area (Å²) in [4.78, 5) is 0. The minimum atomic E-state index is -4.69. The second-order valence-corrected chi connectivity index (χ2v) is 6.53. The van der Waals surface area contributed by atoms with E-state index in [4.69, 9.17) is 18.6 Å². The highest BCUT2D eigenvalue weighted by atomic mass is 35.7. The molecular weight excluding hydrogens is 351 g/mol. The lowest BCUT2D eigenvalue weighted by atomic mass is 9.97. The van der Waals surface area contributed by atoms with E-state index in [0.717, 1.165) is 12.0 Å². The highest BCUT2D eigenvalue weighted by Crippen LogP contribution is 2.42. The molecule has 0 amide bonds. The third kappa shape index (κ3) is 5.45. The molecule has 1 N–H and O–H groups in total. The summed E-state index contributed by atoms with van der Waals surface area (Å²) in [6.45, 7) is 0. The monoisotopic (exact) mass is 370 g/mol. The first-order chi connectivity index (χ1) is 11.7. The summed E-state index contributed by atoms with van der Waals surface area (Å²) in [6.07, 6.45) is 0.901. The van der Waals surface area contributed by atoms with Gasteiger partial charge in [-0.25, -0.2) is 14.4 Å². The molecule has 2 aromatic carbocycles. The van der Waals surface area contributed by atoms with E-state index < -0.39 is 10.2 Å². The number of rotatable bonds is 2. The van der Waals surface area contributed by atoms with Crippen LogP contribution in [0, 0.1) is 16.1 Å². The van der Waals surface area contributed by atoms with Crippen LogP contribution in [0.15, 0.2) is 54.6 Å². The molecule has 1 saturated heterocycles. The van der Waals surface area contributed by atoms with Crippen molar-refractivity contribution in [3.8, 4) is 0 Å². The Hall–Kier alpha value is -1.58. The van der Waals surface area contributed by atoms with E-state index in [0.29, 0.717) is 6.04 Å². The fourth-order valence-corrected chi connectivity index (χ4v) is 3.06. The van der Waals surface area contributed by atoms with Crippen LogP contribution in [0.3, 0.4) is 0 Å². The molecule has 136 valence electrons. The van der Waals surface area contributed by atoms with Crippen molar-refractivity contribution < 1.29 is 33.3 Å². The van der Waals surface area contributed by atoms with Crippen molar-refractivity contribution in [2.75, 3.05) is 14.1 Å². The fourth-order valence-electron chi connectivity index (χ4n) is 3.06. The Morgan fingerprint density at radius 3 is 1.96 bits per heavy atom. The molecule has 1 heterocycles. The molecule has 2 aromatic rings. The average Bonchev–Trinajstić information content (AvgIpc) is 2.83. The molecule has 0 bridgehead atoms. The van der Waals surface area contributed by atoms with Gasteiger partial charge in [-0.2, -0.15) is 14.0 Å². The molecule has 25 heavy (non-hydrogen) atoms. The first-order valence-corrected chi connectivity index (χ1v) is 8.83. The molecular formula is C17H20ClFN2O4. The highest BCUT2D eigenvalue weighted by molar-refractivity contribution is 5.26. The normalized spacial score (nSPS) is 21.7. The average molecular weight is 371 g/mol. The predicted octanol–water partition coefficient (Wildman–Crippen LogP) is -0.334. The minimum Gasteiger partial charge on any atom is -0.237 e. The summed E-state index contributed by atoms with van der Waals surface area (Å²) in [5, 5.41) is 4.34. The molecule has 0 radical (unpaired) electrons. The summed E-state index contributed by atoms with van der Waals surface area (Å²) in [6, 6.07) is 17.9. The zero-order valence-corrected chi connectivity index (χ0v) is 14.6. The van der Waals surface area contributed by atoms with E-state index in [9.17, 15) is 4.39 Å². The third-order valence-electron chi connectivity index (χ3n) is 4.29. The van der Waals surface area contributed by atoms with Crippen LogP contribution in [0.25, 0.3) is 0 Å². The van der Waals surface area contributed by atoms with Crippen LogP contribution in [0.1, 0.15) is 29.6 Å². The Kier molecular flexibility index (Phi) is 6.47. The van der Waals surface area contributed by atoms with Crippen LogP contribution in [0.5, 0.6) is 0 Å². The van der Waals surface area contributed by atoms with Gasteiger partial charge in [-0.3, -0.25) is 0 Å². The molecule has 2 atom stereocenters. The van der Waals surface area contributed by atoms with Gasteiger partial charge in [0.15, 0.2) is 0 Å². The molecule has 0 saturated carbocycles. The zero-order valence-electron chi connectivity index (χ0n) is 13.9. The van der Waals surface area contributed by atoms with Gasteiger partial charge in [0.2, 0.25) is 0 Å². The van der Waals surface area contributed by atoms with Crippen molar-refractivity contribution in [1.29, 1.82) is 0 Å². The Balaban J connectivity index is 0.000000399. The van der Waals surface area contributed by atoms with Crippen molar-refractivity contribution in [1.82, 2.24) is 10.0 Å². The molecule has 8 heteroatoms. The van der Waals surface area contributed by atoms with Crippen LogP contribution < -0.4 is 14.0 Å². The van der Waals surface area contributed by atoms with Crippen molar-refractivity contribution in [2.24, 2.45) is 0 Å². The third-order valence-corrected chi connectivity index (χ3v) is 4.29. The highest BCUT2D eigenvalue weighted by Gasteiger charge is 2.37. The standard InChI is InChI=1S/C17H19FN2.ClHO4/c1-19-16(13-8-4-3-5-9-13)12-17(20(19)2)14-10-6-7-11-15(14)18;2-1(3,4)5/h3-11,16-17H,12H2,1-2H3;(H,2,3,4,5). The molecule has 6 nitrogen and oxygen atoms in total. The lowest BCUT2D eigenvalue weighted by Gasteiger charge is -2.28. The zero-order chi connectivity index (χ0) is 18.6. The maximum atomic E-state index is 14.0. The van der Waals surface area contributed by atoms with Gasteiger partial charge in [-0.15, -0.1) is 0 Å². The Morgan fingerprint density at radius 2 is 1.40 bits per heavy atom. The summed E-state index contributed by atoms with van der Waals surface area (Å²) in [5.41, 5.74) is 2.06. The van der Waals surface area contributed by atoms with Crippen LogP contribution in [0.4, 0.5) is 4.39 Å². The maximum Gasteiger partial charge on any atom is 0.128 e. The van der Waals surface area contributed by atoms with E-state index in [1.165, 1.54) is 5.56 Å². The van der Waals surface area contributed by atoms with E-state index in [2.05, 4.69) is 41.3 Å². The largest absolute Gasteiger partial charge is 0.237 e. The van der Waals surface area contributed by atoms with E-state index in [1.54, 1.807) is 12.1 Å². The summed E-state index contributed by atoms with van der Waals surface area (Å²) < 4.78 is 46.7. The summed E-state index contributed by atoms with van der Waals surface area (Å²) in [7, 11) is -0.599. The lowest BCUT2D eigenvalue weighted by Crippen LogP contribution is -2.58. The van der Waals surface area contributed by atoms with Crippen molar-refractivity contribution >= 4 is 0 Å². The fraction of sp³-hybridized carbons (Fsp3) is 0.294. The van der Waals surface area contributed by atoms with Crippen LogP contribution in [-0.2, 0) is 0 Å². The molecule has 2 unspecified atom stereocenters. The van der Waals surface area contributed by atoms with Gasteiger partial charge in [-0.05, 0) is 18.1 Å². The Labute approximate surface area is 148 Å². The predicted molar refractivity (Wildman–Crippen MR) is 80.7 cm³/mol. The SMILES string of the molecule is CN1C(c2ccccc2)CC(c2ccccc2F)N1C.[O-][Cl+3]([O-])([O-])O. The molecule has 0 aliphatic carbocycles. The van der Waals surface area contributed by atoms with Crippen LogP contribution >= 0.6 is 0 Å². The number of hydrogen-bond donors (Lipinski definition) is 1. The van der Waals surface area contributed by atoms with Gasteiger partial charge in [0, 0.05) is 19.7 Å². The molecule has 1 aliphatic heterocycles. The van der Waals surface area contributed by atoms with E-state index >= 15 is 0 Å². The minimum absolute atomic E-state index is 0.0893. The van der Waals surface area contributed by atoms with Crippen molar-refractivity contribution in [3.63, 3.8) is 0 Å². The van der Waals surface area contributed by atoms with Gasteiger partial charge < -0.3 is 0 Å². The van der Waals surface area contributed by atoms with Crippen molar-refractivity contribution in [2.45, 2.75) is 18.5 Å². The molecule has 0 spiro atoms. The molecule has 1 fully saturated rings. The quantitative estimate of drug-likeness (QED) is 0.777. The molecule has 3 rings (SSSR count). The van der Waals surface area contributed by atoms with Gasteiger partial charge in [0.05, 0.1) is 27.0 Å². The van der Waals surface area contributed by atoms with E-state index in [1.807, 2.05) is 25.2 Å². The van der Waals surface area contributed by atoms with Gasteiger partial charge in [0.1, 0.15) is 5.82 Å². The van der Waals surface area contributed by atoms with Crippen LogP contribution in [-0.4, -0.2) is 28.8 Å². The lowest BCUT2D eigenvalue weighted by molar-refractivity contribution is -1.92. The molecule has 1 aliphatic rings. The number of hydrazine groups is 1. The first-order valence-electron chi connectivity index (χ1n) is 7.56. The second kappa shape index (κ2) is 8.20. The van der Waals surface area contributed by atoms with E-state index in [-0.39, 0.29) is 11.9 Å². The number of benzene rings is 2. The van der Waals surface area contributed by atoms with Crippen LogP contribution in [0.2, 0.25) is 0 Å². The number of hydrogen-bond acceptors (Lipinski definition) is 6. The number of nitrogens with zero attached hydrogens (tertiary/aromatic N) is 2. The summed E-state index contributed by atoms with van der Waals surface area (Å²) >= 11 is 0. The van der Waals surface area contributed by atoms with Gasteiger partial charge >= 0.3 is 0 Å². The second-order valence-electron chi connectivity index (χ2n) is 5.74. The smallest absolute Gasteiger partial charge is 0.128 e. The van der Waals surface area contributed by atoms with Crippen molar-refractivity contribution in [3.05, 3.63) is 71.5 Å². The molecule has 0 aromatic heterocycles. The topological polar surface area (TPSA) is 95.9 Å². The van der Waals surface area contributed by atoms with Gasteiger partial charge in [-0.1, -0.05) is 48.5 Å². The van der Waals surface area contributed by atoms with Gasteiger partial charge in [0.25, 0.3) is 0 Å². The Bertz CT molecular complexity index is 678. The maximum absolute atomic E-state index is 14.0. The Morgan fingerprint density at radius 1 is 0.920 bits per heavy atom. The first kappa shape index (κ1) is 19.7. The number of halogens is 2.